The summed E-state index contributed by atoms with van der Waals surface area (Å²) in [5, 5.41) is 19.2. The van der Waals surface area contributed by atoms with E-state index in [0.29, 0.717) is 17.9 Å². The van der Waals surface area contributed by atoms with E-state index >= 15 is 0 Å². The number of nitrogens with zero attached hydrogens (tertiary/aromatic N) is 1. The van der Waals surface area contributed by atoms with Gasteiger partial charge in [-0.25, -0.2) is 0 Å². The van der Waals surface area contributed by atoms with Crippen molar-refractivity contribution >= 4 is 0 Å². The van der Waals surface area contributed by atoms with Gasteiger partial charge in [-0.3, -0.25) is 0 Å². The number of hydrogen-bond acceptors (Lipinski definition) is 3. The van der Waals surface area contributed by atoms with Crippen molar-refractivity contribution in [1.29, 1.82) is 5.26 Å². The van der Waals surface area contributed by atoms with Crippen molar-refractivity contribution in [3.63, 3.8) is 0 Å². The zero-order valence-electron chi connectivity index (χ0n) is 11.0. The monoisotopic (exact) mass is 265 g/mol. The Labute approximate surface area is 118 Å². The minimum absolute atomic E-state index is 0.148. The van der Waals surface area contributed by atoms with Gasteiger partial charge in [0.2, 0.25) is 0 Å². The first-order chi connectivity index (χ1) is 9.73. The summed E-state index contributed by atoms with van der Waals surface area (Å²) in [7, 11) is 0. The maximum atomic E-state index is 10.1. The number of aromatic hydroxyl groups is 1. The van der Waals surface area contributed by atoms with Crippen LogP contribution in [-0.4, -0.2) is 5.11 Å². The zero-order valence-corrected chi connectivity index (χ0v) is 11.0. The van der Waals surface area contributed by atoms with Gasteiger partial charge in [0.05, 0.1) is 11.5 Å². The molecule has 1 N–H and O–H groups in total. The van der Waals surface area contributed by atoms with Crippen molar-refractivity contribution in [3.05, 3.63) is 59.7 Å². The van der Waals surface area contributed by atoms with Crippen LogP contribution in [0.5, 0.6) is 11.5 Å². The van der Waals surface area contributed by atoms with Crippen LogP contribution in [-0.2, 0) is 12.0 Å². The zero-order chi connectivity index (χ0) is 14.0. The van der Waals surface area contributed by atoms with Gasteiger partial charge in [-0.05, 0) is 24.5 Å². The number of rotatable bonds is 4. The van der Waals surface area contributed by atoms with E-state index in [9.17, 15) is 5.11 Å². The van der Waals surface area contributed by atoms with Gasteiger partial charge >= 0.3 is 0 Å². The van der Waals surface area contributed by atoms with Crippen molar-refractivity contribution in [2.45, 2.75) is 24.9 Å². The fraction of sp³-hybridized carbons (Fsp3) is 0.235. The Balaban J connectivity index is 1.73. The Morgan fingerprint density at radius 2 is 1.90 bits per heavy atom. The highest BCUT2D eigenvalue weighted by Crippen LogP contribution is 2.51. The summed E-state index contributed by atoms with van der Waals surface area (Å²) in [5.74, 6) is 0.762. The van der Waals surface area contributed by atoms with Crippen LogP contribution >= 0.6 is 0 Å². The number of nitriles is 1. The molecule has 3 rings (SSSR count). The molecule has 0 saturated heterocycles. The van der Waals surface area contributed by atoms with Gasteiger partial charge in [0.15, 0.2) is 0 Å². The van der Waals surface area contributed by atoms with Crippen LogP contribution in [0.4, 0.5) is 0 Å². The molecule has 0 heterocycles. The van der Waals surface area contributed by atoms with E-state index in [4.69, 9.17) is 10.00 Å². The fourth-order valence-corrected chi connectivity index (χ4v) is 2.31. The Morgan fingerprint density at radius 1 is 1.15 bits per heavy atom. The van der Waals surface area contributed by atoms with Gasteiger partial charge in [-0.1, -0.05) is 36.4 Å². The normalized spacial score (nSPS) is 15.3. The highest BCUT2D eigenvalue weighted by molar-refractivity contribution is 5.50. The molecule has 1 saturated carbocycles. The van der Waals surface area contributed by atoms with Crippen molar-refractivity contribution in [2.75, 3.05) is 0 Å². The number of ether oxygens (including phenoxy) is 1. The third kappa shape index (κ3) is 2.33. The molecule has 0 aromatic heterocycles. The van der Waals surface area contributed by atoms with Crippen LogP contribution in [0.1, 0.15) is 24.0 Å². The average Bonchev–Trinajstić information content (AvgIpc) is 3.27. The molecular weight excluding hydrogens is 250 g/mol. The summed E-state index contributed by atoms with van der Waals surface area (Å²) in [6.45, 7) is 0.461. The van der Waals surface area contributed by atoms with Gasteiger partial charge in [-0.2, -0.15) is 5.26 Å². The quantitative estimate of drug-likeness (QED) is 0.920. The molecule has 0 atom stereocenters. The summed E-state index contributed by atoms with van der Waals surface area (Å²) in [6, 6.07) is 17.4. The molecule has 2 aromatic carbocycles. The first-order valence-electron chi connectivity index (χ1n) is 6.65. The topological polar surface area (TPSA) is 53.2 Å². The highest BCUT2D eigenvalue weighted by Gasteiger charge is 2.46. The molecule has 100 valence electrons. The van der Waals surface area contributed by atoms with E-state index in [1.807, 2.05) is 36.4 Å². The second kappa shape index (κ2) is 4.90. The van der Waals surface area contributed by atoms with Crippen molar-refractivity contribution in [2.24, 2.45) is 0 Å². The predicted molar refractivity (Wildman–Crippen MR) is 75.4 cm³/mol. The van der Waals surface area contributed by atoms with Crippen LogP contribution in [0, 0.1) is 11.3 Å². The minimum atomic E-state index is -0.470. The third-order valence-electron chi connectivity index (χ3n) is 3.70. The van der Waals surface area contributed by atoms with Crippen LogP contribution in [0.2, 0.25) is 0 Å². The Bertz CT molecular complexity index is 654. The van der Waals surface area contributed by atoms with E-state index in [0.717, 1.165) is 18.4 Å². The van der Waals surface area contributed by atoms with Crippen molar-refractivity contribution in [1.82, 2.24) is 0 Å². The minimum Gasteiger partial charge on any atom is -0.507 e. The van der Waals surface area contributed by atoms with Crippen molar-refractivity contribution in [3.8, 4) is 17.6 Å². The summed E-state index contributed by atoms with van der Waals surface area (Å²) in [4.78, 5) is 0. The lowest BCUT2D eigenvalue weighted by atomic mass is 9.96. The molecule has 0 unspecified atom stereocenters. The van der Waals surface area contributed by atoms with Gasteiger partial charge < -0.3 is 9.84 Å². The Hall–Kier alpha value is -2.47. The van der Waals surface area contributed by atoms with Crippen LogP contribution in [0.25, 0.3) is 0 Å². The maximum Gasteiger partial charge on any atom is 0.124 e. The Kier molecular flexibility index (Phi) is 3.08. The molecule has 3 nitrogen and oxygen atoms in total. The van der Waals surface area contributed by atoms with Gasteiger partial charge in [0, 0.05) is 11.6 Å². The average molecular weight is 265 g/mol. The van der Waals surface area contributed by atoms with E-state index in [-0.39, 0.29) is 5.75 Å². The summed E-state index contributed by atoms with van der Waals surface area (Å²) in [6.07, 6.45) is 1.64. The van der Waals surface area contributed by atoms with E-state index in [1.54, 1.807) is 12.1 Å². The molecule has 2 aromatic rings. The molecule has 0 radical (unpaired) electrons. The second-order valence-electron chi connectivity index (χ2n) is 5.15. The predicted octanol–water partition coefficient (Wildman–Crippen LogP) is 3.53. The first-order valence-corrected chi connectivity index (χ1v) is 6.65. The summed E-state index contributed by atoms with van der Waals surface area (Å²) < 4.78 is 5.65. The molecule has 0 aliphatic heterocycles. The van der Waals surface area contributed by atoms with Crippen LogP contribution in [0.15, 0.2) is 48.5 Å². The molecule has 1 aliphatic carbocycles. The molecule has 1 fully saturated rings. The molecule has 20 heavy (non-hydrogen) atoms. The standard InChI is InChI=1S/C17H15NO2/c18-12-17(8-9-17)15-7-6-14(10-16(15)19)20-11-13-4-2-1-3-5-13/h1-7,10,19H,8-9,11H2. The van der Waals surface area contributed by atoms with Gasteiger partial charge in [0.25, 0.3) is 0 Å². The van der Waals surface area contributed by atoms with E-state index in [1.165, 1.54) is 0 Å². The number of phenolic OH excluding ortho intramolecular Hbond substituents is 1. The lowest BCUT2D eigenvalue weighted by molar-refractivity contribution is 0.304. The van der Waals surface area contributed by atoms with E-state index < -0.39 is 5.41 Å². The number of phenols is 1. The first kappa shape index (κ1) is 12.6. The number of benzene rings is 2. The van der Waals surface area contributed by atoms with Gasteiger partial charge in [0.1, 0.15) is 18.1 Å². The number of hydrogen-bond donors (Lipinski definition) is 1. The molecule has 3 heteroatoms. The SMILES string of the molecule is N#CC1(c2ccc(OCc3ccccc3)cc2O)CC1. The van der Waals surface area contributed by atoms with Crippen LogP contribution in [0.3, 0.4) is 0 Å². The molecular formula is C17H15NO2. The van der Waals surface area contributed by atoms with Gasteiger partial charge in [-0.15, -0.1) is 0 Å². The fourth-order valence-electron chi connectivity index (χ4n) is 2.31. The molecule has 0 spiro atoms. The van der Waals surface area contributed by atoms with Crippen molar-refractivity contribution < 1.29 is 9.84 Å². The Morgan fingerprint density at radius 3 is 2.50 bits per heavy atom. The summed E-state index contributed by atoms with van der Waals surface area (Å²) in [5.41, 5.74) is 1.32. The second-order valence-corrected chi connectivity index (χ2v) is 5.15. The molecule has 0 bridgehead atoms. The lowest BCUT2D eigenvalue weighted by Gasteiger charge is -2.11. The lowest BCUT2D eigenvalue weighted by Crippen LogP contribution is -2.03. The summed E-state index contributed by atoms with van der Waals surface area (Å²) >= 11 is 0. The highest BCUT2D eigenvalue weighted by atomic mass is 16.5. The van der Waals surface area contributed by atoms with E-state index in [2.05, 4.69) is 6.07 Å². The maximum absolute atomic E-state index is 10.1. The smallest absolute Gasteiger partial charge is 0.124 e. The molecule has 0 amide bonds. The van der Waals surface area contributed by atoms with Crippen LogP contribution < -0.4 is 4.74 Å². The largest absolute Gasteiger partial charge is 0.507 e. The third-order valence-corrected chi connectivity index (χ3v) is 3.70. The molecule has 1 aliphatic rings.